The van der Waals surface area contributed by atoms with Crippen molar-refractivity contribution >= 4 is 0 Å². The molecule has 2 heteroatoms. The van der Waals surface area contributed by atoms with Gasteiger partial charge in [-0.05, 0) is 57.2 Å². The fourth-order valence-corrected chi connectivity index (χ4v) is 4.13. The van der Waals surface area contributed by atoms with Crippen LogP contribution in [0.1, 0.15) is 44.1 Å². The zero-order valence-corrected chi connectivity index (χ0v) is 12.5. The van der Waals surface area contributed by atoms with Crippen molar-refractivity contribution in [2.24, 2.45) is 5.92 Å². The van der Waals surface area contributed by atoms with E-state index in [4.69, 9.17) is 0 Å². The Bertz CT molecular complexity index is 468. The second-order valence-corrected chi connectivity index (χ2v) is 7.26. The second-order valence-electron chi connectivity index (χ2n) is 7.26. The Morgan fingerprint density at radius 1 is 1.20 bits per heavy atom. The van der Waals surface area contributed by atoms with Gasteiger partial charge in [-0.3, -0.25) is 4.90 Å². The Balaban J connectivity index is 1.46. The first-order valence-corrected chi connectivity index (χ1v) is 8.30. The van der Waals surface area contributed by atoms with Crippen molar-refractivity contribution in [1.82, 2.24) is 10.2 Å². The molecule has 2 saturated carbocycles. The molecule has 108 valence electrons. The Morgan fingerprint density at radius 2 is 2.00 bits per heavy atom. The summed E-state index contributed by atoms with van der Waals surface area (Å²) in [6.07, 6.45) is 5.54. The zero-order valence-electron chi connectivity index (χ0n) is 12.5. The molecule has 20 heavy (non-hydrogen) atoms. The van der Waals surface area contributed by atoms with Crippen LogP contribution in [0.25, 0.3) is 0 Å². The molecule has 2 aliphatic carbocycles. The standard InChI is InChI=1S/C18H26N2/c1-18(15-8-9-15)13-20(11-5-10-19-18)17-12-16(17)14-6-3-2-4-7-14/h2-4,6-7,15-17,19H,5,8-13H2,1H3. The Morgan fingerprint density at radius 3 is 2.75 bits per heavy atom. The summed E-state index contributed by atoms with van der Waals surface area (Å²) in [6, 6.07) is 11.9. The molecule has 1 heterocycles. The van der Waals surface area contributed by atoms with E-state index >= 15 is 0 Å². The summed E-state index contributed by atoms with van der Waals surface area (Å²) < 4.78 is 0. The van der Waals surface area contributed by atoms with Crippen LogP contribution in [0.2, 0.25) is 0 Å². The molecular weight excluding hydrogens is 244 g/mol. The van der Waals surface area contributed by atoms with Crippen LogP contribution in [0.4, 0.5) is 0 Å². The summed E-state index contributed by atoms with van der Waals surface area (Å²) in [5.41, 5.74) is 1.92. The quantitative estimate of drug-likeness (QED) is 0.908. The monoisotopic (exact) mass is 270 g/mol. The fraction of sp³-hybridized carbons (Fsp3) is 0.667. The van der Waals surface area contributed by atoms with Gasteiger partial charge < -0.3 is 5.32 Å². The molecule has 0 spiro atoms. The highest BCUT2D eigenvalue weighted by Gasteiger charge is 2.48. The molecule has 0 aromatic heterocycles. The largest absolute Gasteiger partial charge is 0.310 e. The zero-order chi connectivity index (χ0) is 13.6. The lowest BCUT2D eigenvalue weighted by molar-refractivity contribution is 0.191. The minimum atomic E-state index is 0.375. The van der Waals surface area contributed by atoms with Gasteiger partial charge in [-0.2, -0.15) is 0 Å². The number of rotatable bonds is 3. The van der Waals surface area contributed by atoms with Crippen LogP contribution in [0.15, 0.2) is 30.3 Å². The molecular formula is C18H26N2. The van der Waals surface area contributed by atoms with Crippen molar-refractivity contribution in [2.75, 3.05) is 19.6 Å². The summed E-state index contributed by atoms with van der Waals surface area (Å²) in [6.45, 7) is 6.20. The molecule has 1 aromatic carbocycles. The van der Waals surface area contributed by atoms with E-state index < -0.39 is 0 Å². The molecule has 1 aliphatic heterocycles. The van der Waals surface area contributed by atoms with E-state index in [1.807, 2.05) is 0 Å². The van der Waals surface area contributed by atoms with Crippen LogP contribution in [-0.2, 0) is 0 Å². The number of nitrogens with one attached hydrogen (secondary N) is 1. The summed E-state index contributed by atoms with van der Waals surface area (Å²) >= 11 is 0. The molecule has 1 aromatic rings. The predicted octanol–water partition coefficient (Wildman–Crippen LogP) is 3.01. The second kappa shape index (κ2) is 4.85. The maximum atomic E-state index is 3.85. The van der Waals surface area contributed by atoms with Crippen LogP contribution in [0.5, 0.6) is 0 Å². The topological polar surface area (TPSA) is 15.3 Å². The van der Waals surface area contributed by atoms with Crippen molar-refractivity contribution in [3.05, 3.63) is 35.9 Å². The number of hydrogen-bond acceptors (Lipinski definition) is 2. The number of nitrogens with zero attached hydrogens (tertiary/aromatic N) is 1. The first kappa shape index (κ1) is 12.8. The van der Waals surface area contributed by atoms with Gasteiger partial charge in [0.2, 0.25) is 0 Å². The van der Waals surface area contributed by atoms with E-state index in [0.717, 1.165) is 17.9 Å². The van der Waals surface area contributed by atoms with Gasteiger partial charge in [-0.25, -0.2) is 0 Å². The third kappa shape index (κ3) is 2.40. The van der Waals surface area contributed by atoms with E-state index in [9.17, 15) is 0 Å². The first-order valence-electron chi connectivity index (χ1n) is 8.30. The van der Waals surface area contributed by atoms with Crippen LogP contribution in [0.3, 0.4) is 0 Å². The van der Waals surface area contributed by atoms with E-state index in [0.29, 0.717) is 5.54 Å². The SMILES string of the molecule is CC1(C2CC2)CN(C2CC2c2ccccc2)CCCN1. The van der Waals surface area contributed by atoms with Crippen LogP contribution >= 0.6 is 0 Å². The molecule has 0 amide bonds. The molecule has 0 bridgehead atoms. The molecule has 1 N–H and O–H groups in total. The predicted molar refractivity (Wildman–Crippen MR) is 82.9 cm³/mol. The van der Waals surface area contributed by atoms with Crippen molar-refractivity contribution in [1.29, 1.82) is 0 Å². The van der Waals surface area contributed by atoms with E-state index in [1.54, 1.807) is 5.56 Å². The van der Waals surface area contributed by atoms with Gasteiger partial charge in [0.1, 0.15) is 0 Å². The summed E-state index contributed by atoms with van der Waals surface area (Å²) in [5, 5.41) is 3.85. The van der Waals surface area contributed by atoms with Crippen molar-refractivity contribution < 1.29 is 0 Å². The van der Waals surface area contributed by atoms with Gasteiger partial charge in [-0.15, -0.1) is 0 Å². The minimum Gasteiger partial charge on any atom is -0.310 e. The highest BCUT2D eigenvalue weighted by Crippen LogP contribution is 2.47. The highest BCUT2D eigenvalue weighted by atomic mass is 15.2. The third-order valence-corrected chi connectivity index (χ3v) is 5.61. The Hall–Kier alpha value is -0.860. The van der Waals surface area contributed by atoms with Gasteiger partial charge >= 0.3 is 0 Å². The smallest absolute Gasteiger partial charge is 0.0308 e. The van der Waals surface area contributed by atoms with Gasteiger partial charge in [0.15, 0.2) is 0 Å². The van der Waals surface area contributed by atoms with Gasteiger partial charge in [0.25, 0.3) is 0 Å². The van der Waals surface area contributed by atoms with E-state index in [-0.39, 0.29) is 0 Å². The third-order valence-electron chi connectivity index (χ3n) is 5.61. The minimum absolute atomic E-state index is 0.375. The summed E-state index contributed by atoms with van der Waals surface area (Å²) in [4.78, 5) is 2.79. The normalized spacial score (nSPS) is 38.5. The molecule has 2 nitrogen and oxygen atoms in total. The van der Waals surface area contributed by atoms with Crippen molar-refractivity contribution in [2.45, 2.75) is 50.1 Å². The molecule has 4 rings (SSSR count). The number of hydrogen-bond donors (Lipinski definition) is 1. The van der Waals surface area contributed by atoms with E-state index in [2.05, 4.69) is 47.5 Å². The van der Waals surface area contributed by atoms with Crippen molar-refractivity contribution in [3.63, 3.8) is 0 Å². The lowest BCUT2D eigenvalue weighted by atomic mass is 9.95. The van der Waals surface area contributed by atoms with Crippen LogP contribution in [-0.4, -0.2) is 36.1 Å². The Kier molecular flexibility index (Phi) is 3.12. The van der Waals surface area contributed by atoms with Gasteiger partial charge in [0, 0.05) is 24.0 Å². The molecule has 3 aliphatic rings. The summed E-state index contributed by atoms with van der Waals surface area (Å²) in [7, 11) is 0. The molecule has 0 radical (unpaired) electrons. The van der Waals surface area contributed by atoms with E-state index in [1.165, 1.54) is 45.3 Å². The molecule has 3 fully saturated rings. The lowest BCUT2D eigenvalue weighted by Crippen LogP contribution is -2.51. The van der Waals surface area contributed by atoms with Gasteiger partial charge in [-0.1, -0.05) is 30.3 Å². The molecule has 1 saturated heterocycles. The number of benzene rings is 1. The molecule has 3 unspecified atom stereocenters. The average Bonchev–Trinajstić information content (AvgIpc) is 3.31. The fourth-order valence-electron chi connectivity index (χ4n) is 4.13. The Labute approximate surface area is 122 Å². The van der Waals surface area contributed by atoms with Crippen molar-refractivity contribution in [3.8, 4) is 0 Å². The average molecular weight is 270 g/mol. The first-order chi connectivity index (χ1) is 9.76. The van der Waals surface area contributed by atoms with Crippen LogP contribution < -0.4 is 5.32 Å². The maximum Gasteiger partial charge on any atom is 0.0308 e. The summed E-state index contributed by atoms with van der Waals surface area (Å²) in [5.74, 6) is 1.72. The maximum absolute atomic E-state index is 3.85. The highest BCUT2D eigenvalue weighted by molar-refractivity contribution is 5.28. The van der Waals surface area contributed by atoms with Crippen LogP contribution in [0, 0.1) is 5.92 Å². The van der Waals surface area contributed by atoms with Gasteiger partial charge in [0.05, 0.1) is 0 Å². The molecule has 3 atom stereocenters. The lowest BCUT2D eigenvalue weighted by Gasteiger charge is -2.34.